The Morgan fingerprint density at radius 3 is 2.57 bits per heavy atom. The highest BCUT2D eigenvalue weighted by Crippen LogP contribution is 2.33. The first-order valence-electron chi connectivity index (χ1n) is 5.04. The molecule has 1 aliphatic carbocycles. The van der Waals surface area contributed by atoms with Crippen molar-refractivity contribution in [1.82, 2.24) is 4.98 Å². The molecule has 0 saturated heterocycles. The molecular formula is C11H17ClN2. The Balaban J connectivity index is 0.000000980. The summed E-state index contributed by atoms with van der Waals surface area (Å²) in [5.74, 6) is 0.662. The summed E-state index contributed by atoms with van der Waals surface area (Å²) in [5, 5.41) is 0. The molecule has 0 bridgehead atoms. The molecule has 0 spiro atoms. The number of aromatic nitrogens is 1. The normalized spacial score (nSPS) is 18.9. The number of pyridine rings is 1. The van der Waals surface area contributed by atoms with E-state index in [-0.39, 0.29) is 18.4 Å². The zero-order valence-electron chi connectivity index (χ0n) is 8.23. The van der Waals surface area contributed by atoms with Gasteiger partial charge in [-0.15, -0.1) is 12.4 Å². The van der Waals surface area contributed by atoms with Crippen LogP contribution in [0.2, 0.25) is 0 Å². The summed E-state index contributed by atoms with van der Waals surface area (Å²) in [7, 11) is 0. The zero-order chi connectivity index (χ0) is 9.10. The second-order valence-electron chi connectivity index (χ2n) is 3.82. The highest BCUT2D eigenvalue weighted by Gasteiger charge is 2.23. The number of halogens is 1. The Kier molecular flexibility index (Phi) is 4.36. The molecular weight excluding hydrogens is 196 g/mol. The van der Waals surface area contributed by atoms with E-state index in [9.17, 15) is 0 Å². The van der Waals surface area contributed by atoms with E-state index in [0.717, 1.165) is 5.69 Å². The molecule has 1 saturated carbocycles. The van der Waals surface area contributed by atoms with Crippen LogP contribution >= 0.6 is 12.4 Å². The van der Waals surface area contributed by atoms with Crippen molar-refractivity contribution in [2.24, 2.45) is 11.7 Å². The third-order valence-electron chi connectivity index (χ3n) is 2.94. The third-order valence-corrected chi connectivity index (χ3v) is 2.94. The van der Waals surface area contributed by atoms with Gasteiger partial charge in [0.15, 0.2) is 0 Å². The van der Waals surface area contributed by atoms with Gasteiger partial charge in [0.05, 0.1) is 5.69 Å². The number of hydrogen-bond acceptors (Lipinski definition) is 2. The van der Waals surface area contributed by atoms with E-state index in [4.69, 9.17) is 5.73 Å². The van der Waals surface area contributed by atoms with E-state index in [1.54, 1.807) is 0 Å². The Labute approximate surface area is 91.3 Å². The van der Waals surface area contributed by atoms with Crippen molar-refractivity contribution in [2.45, 2.75) is 31.7 Å². The van der Waals surface area contributed by atoms with Gasteiger partial charge in [0.2, 0.25) is 0 Å². The smallest absolute Gasteiger partial charge is 0.0573 e. The Bertz CT molecular complexity index is 257. The molecule has 14 heavy (non-hydrogen) atoms. The van der Waals surface area contributed by atoms with Crippen LogP contribution in [-0.2, 0) is 0 Å². The van der Waals surface area contributed by atoms with E-state index in [2.05, 4.69) is 4.98 Å². The maximum atomic E-state index is 6.14. The quantitative estimate of drug-likeness (QED) is 0.819. The maximum absolute atomic E-state index is 6.14. The van der Waals surface area contributed by atoms with E-state index >= 15 is 0 Å². The summed E-state index contributed by atoms with van der Waals surface area (Å²) in [6.45, 7) is 0. The first-order valence-corrected chi connectivity index (χ1v) is 5.04. The number of nitrogens with zero attached hydrogens (tertiary/aromatic N) is 1. The Hall–Kier alpha value is -0.600. The lowest BCUT2D eigenvalue weighted by molar-refractivity contribution is 0.437. The van der Waals surface area contributed by atoms with Crippen molar-refractivity contribution < 1.29 is 0 Å². The van der Waals surface area contributed by atoms with Crippen LogP contribution in [0, 0.1) is 5.92 Å². The third kappa shape index (κ3) is 2.46. The van der Waals surface area contributed by atoms with Crippen LogP contribution in [0.5, 0.6) is 0 Å². The van der Waals surface area contributed by atoms with Gasteiger partial charge >= 0.3 is 0 Å². The first kappa shape index (κ1) is 11.5. The van der Waals surface area contributed by atoms with E-state index in [1.165, 1.54) is 25.7 Å². The molecule has 1 fully saturated rings. The van der Waals surface area contributed by atoms with Gasteiger partial charge in [0, 0.05) is 12.2 Å². The monoisotopic (exact) mass is 212 g/mol. The maximum Gasteiger partial charge on any atom is 0.0573 e. The molecule has 0 amide bonds. The fourth-order valence-electron chi connectivity index (χ4n) is 2.13. The minimum Gasteiger partial charge on any atom is -0.322 e. The topological polar surface area (TPSA) is 38.9 Å². The number of hydrogen-bond donors (Lipinski definition) is 1. The van der Waals surface area contributed by atoms with Gasteiger partial charge in [0.25, 0.3) is 0 Å². The van der Waals surface area contributed by atoms with Crippen molar-refractivity contribution in [3.63, 3.8) is 0 Å². The van der Waals surface area contributed by atoms with Crippen molar-refractivity contribution in [2.75, 3.05) is 0 Å². The summed E-state index contributed by atoms with van der Waals surface area (Å²) in [6, 6.07) is 6.13. The summed E-state index contributed by atoms with van der Waals surface area (Å²) in [4.78, 5) is 4.30. The minimum atomic E-state index is 0. The van der Waals surface area contributed by atoms with E-state index < -0.39 is 0 Å². The Morgan fingerprint density at radius 1 is 1.29 bits per heavy atom. The highest BCUT2D eigenvalue weighted by molar-refractivity contribution is 5.85. The fourth-order valence-corrected chi connectivity index (χ4v) is 2.13. The number of nitrogens with two attached hydrogens (primary N) is 1. The van der Waals surface area contributed by atoms with Crippen molar-refractivity contribution in [3.05, 3.63) is 30.1 Å². The summed E-state index contributed by atoms with van der Waals surface area (Å²) in [6.07, 6.45) is 7.05. The molecule has 1 unspecified atom stereocenters. The molecule has 1 aromatic heterocycles. The van der Waals surface area contributed by atoms with Gasteiger partial charge in [-0.1, -0.05) is 18.9 Å². The molecule has 0 aliphatic heterocycles. The van der Waals surface area contributed by atoms with Crippen LogP contribution in [0.25, 0.3) is 0 Å². The van der Waals surface area contributed by atoms with Crippen LogP contribution in [0.4, 0.5) is 0 Å². The van der Waals surface area contributed by atoms with Gasteiger partial charge in [0.1, 0.15) is 0 Å². The van der Waals surface area contributed by atoms with Gasteiger partial charge in [-0.3, -0.25) is 4.98 Å². The number of rotatable bonds is 2. The Morgan fingerprint density at radius 2 is 2.00 bits per heavy atom. The molecule has 78 valence electrons. The summed E-state index contributed by atoms with van der Waals surface area (Å²) >= 11 is 0. The van der Waals surface area contributed by atoms with Crippen molar-refractivity contribution in [1.29, 1.82) is 0 Å². The minimum absolute atomic E-state index is 0. The van der Waals surface area contributed by atoms with Crippen molar-refractivity contribution >= 4 is 12.4 Å². The van der Waals surface area contributed by atoms with Crippen LogP contribution in [0.15, 0.2) is 24.4 Å². The molecule has 2 N–H and O–H groups in total. The SMILES string of the molecule is Cl.NC(c1ccccn1)C1CCCC1. The molecule has 2 rings (SSSR count). The molecule has 0 aromatic carbocycles. The molecule has 1 aromatic rings. The van der Waals surface area contributed by atoms with Crippen LogP contribution in [-0.4, -0.2) is 4.98 Å². The predicted molar refractivity (Wildman–Crippen MR) is 60.4 cm³/mol. The lowest BCUT2D eigenvalue weighted by Gasteiger charge is -2.17. The molecule has 1 atom stereocenters. The van der Waals surface area contributed by atoms with Gasteiger partial charge in [-0.05, 0) is 30.9 Å². The fraction of sp³-hybridized carbons (Fsp3) is 0.545. The molecule has 2 nitrogen and oxygen atoms in total. The van der Waals surface area contributed by atoms with Gasteiger partial charge in [-0.25, -0.2) is 0 Å². The highest BCUT2D eigenvalue weighted by atomic mass is 35.5. The lowest BCUT2D eigenvalue weighted by atomic mass is 9.96. The second-order valence-corrected chi connectivity index (χ2v) is 3.82. The van der Waals surface area contributed by atoms with E-state index in [0.29, 0.717) is 5.92 Å². The van der Waals surface area contributed by atoms with E-state index in [1.807, 2.05) is 24.4 Å². The summed E-state index contributed by atoms with van der Waals surface area (Å²) in [5.41, 5.74) is 7.19. The summed E-state index contributed by atoms with van der Waals surface area (Å²) < 4.78 is 0. The largest absolute Gasteiger partial charge is 0.322 e. The van der Waals surface area contributed by atoms with Crippen molar-refractivity contribution in [3.8, 4) is 0 Å². The molecule has 1 aliphatic rings. The standard InChI is InChI=1S/C11H16N2.ClH/c12-11(9-5-1-2-6-9)10-7-3-4-8-13-10;/h3-4,7-9,11H,1-2,5-6,12H2;1H. The zero-order valence-corrected chi connectivity index (χ0v) is 9.04. The first-order chi connectivity index (χ1) is 6.38. The predicted octanol–water partition coefficient (Wildman–Crippen LogP) is 2.69. The van der Waals surface area contributed by atoms with Gasteiger partial charge in [-0.2, -0.15) is 0 Å². The average molecular weight is 213 g/mol. The van der Waals surface area contributed by atoms with Gasteiger partial charge < -0.3 is 5.73 Å². The molecule has 0 radical (unpaired) electrons. The van der Waals surface area contributed by atoms with Crippen LogP contribution < -0.4 is 5.73 Å². The lowest BCUT2D eigenvalue weighted by Crippen LogP contribution is -2.20. The average Bonchev–Trinajstić information content (AvgIpc) is 2.71. The van der Waals surface area contributed by atoms with Crippen LogP contribution in [0.3, 0.4) is 0 Å². The van der Waals surface area contributed by atoms with Crippen LogP contribution in [0.1, 0.15) is 37.4 Å². The molecule has 3 heteroatoms. The molecule has 1 heterocycles. The second kappa shape index (κ2) is 5.32.